The maximum atomic E-state index is 16.0. The van der Waals surface area contributed by atoms with Crippen LogP contribution in [0.5, 0.6) is 0 Å². The average molecular weight is 711 g/mol. The number of nitrogens with two attached hydrogens (primary N) is 2. The zero-order valence-electron chi connectivity index (χ0n) is 22.3. The highest BCUT2D eigenvalue weighted by Crippen LogP contribution is 2.58. The standard InChI is InChI=1S/C20H22F2N10O9P2S2/c21-8-12-6(38-18(8)31-4-27-10-14(23)25-3-26-15(10)31)1-36-43(35,45)41-13-7(2-37-42(34,44)40-12)39-19(9(13)22)32-5-28-11-16(32)29-20(24)30-17(11)33/h3-9,12-13,18-19H,1-2H2,(H,34,44)(H,35,45)(H2,23,25,26)(H3,24,29,30,33)/t6-,7-,8-,9-,12-,13?,18-,19-,42?,43?/m1/s1. The van der Waals surface area contributed by atoms with Gasteiger partial charge in [0.05, 0.1) is 25.9 Å². The number of alkyl halides is 2. The molecular weight excluding hydrogens is 688 g/mol. The Bertz CT molecular complexity index is 1950. The molecule has 3 saturated heterocycles. The summed E-state index contributed by atoms with van der Waals surface area (Å²) in [5, 5.41) is 0. The maximum absolute atomic E-state index is 16.0. The van der Waals surface area contributed by atoms with Gasteiger partial charge in [-0.3, -0.25) is 32.5 Å². The van der Waals surface area contributed by atoms with Gasteiger partial charge in [0.15, 0.2) is 47.4 Å². The maximum Gasteiger partial charge on any atom is 0.386 e. The predicted molar refractivity (Wildman–Crippen MR) is 155 cm³/mol. The number of nitrogens with one attached hydrogen (secondary N) is 1. The van der Waals surface area contributed by atoms with Crippen molar-refractivity contribution in [3.8, 4) is 0 Å². The number of nitrogen functional groups attached to an aromatic ring is 2. The Morgan fingerprint density at radius 2 is 1.56 bits per heavy atom. The van der Waals surface area contributed by atoms with E-state index in [2.05, 4.69) is 42.2 Å². The van der Waals surface area contributed by atoms with E-state index in [9.17, 15) is 14.3 Å². The Morgan fingerprint density at radius 3 is 2.24 bits per heavy atom. The average Bonchev–Trinajstić information content (AvgIpc) is 3.72. The van der Waals surface area contributed by atoms with Crippen LogP contribution in [-0.2, 0) is 43.9 Å². The van der Waals surface area contributed by atoms with E-state index < -0.39 is 81.5 Å². The summed E-state index contributed by atoms with van der Waals surface area (Å²) in [6.45, 7) is -10.1. The van der Waals surface area contributed by atoms with Crippen LogP contribution in [0.2, 0.25) is 0 Å². The topological polar surface area (TPSA) is 252 Å². The lowest BCUT2D eigenvalue weighted by molar-refractivity contribution is -0.0564. The van der Waals surface area contributed by atoms with Crippen LogP contribution < -0.4 is 17.0 Å². The number of fused-ring (bicyclic) bond motifs is 4. The van der Waals surface area contributed by atoms with Crippen molar-refractivity contribution < 1.29 is 45.8 Å². The number of anilines is 2. The minimum Gasteiger partial charge on any atom is -0.382 e. The summed E-state index contributed by atoms with van der Waals surface area (Å²) in [5.41, 5.74) is 10.8. The van der Waals surface area contributed by atoms with Gasteiger partial charge >= 0.3 is 13.5 Å². The first-order chi connectivity index (χ1) is 21.3. The van der Waals surface area contributed by atoms with E-state index in [4.69, 9.17) is 50.8 Å². The van der Waals surface area contributed by atoms with Crippen molar-refractivity contribution in [1.82, 2.24) is 39.0 Å². The number of aromatic nitrogens is 8. The number of thiol groups is 1. The minimum absolute atomic E-state index is 0.0436. The highest BCUT2D eigenvalue weighted by molar-refractivity contribution is 8.44. The predicted octanol–water partition coefficient (Wildman–Crippen LogP) is 0.667. The Labute approximate surface area is 259 Å². The molecule has 6 N–H and O–H groups in total. The van der Waals surface area contributed by atoms with Gasteiger partial charge < -0.3 is 30.4 Å². The molecule has 0 aromatic carbocycles. The number of nitrogens with zero attached hydrogens (tertiary/aromatic N) is 7. The molecule has 3 unspecified atom stereocenters. The van der Waals surface area contributed by atoms with Crippen LogP contribution in [0.1, 0.15) is 12.5 Å². The van der Waals surface area contributed by atoms with Crippen molar-refractivity contribution in [3.63, 3.8) is 0 Å². The van der Waals surface area contributed by atoms with Gasteiger partial charge in [-0.05, 0) is 11.8 Å². The fourth-order valence-electron chi connectivity index (χ4n) is 5.25. The fraction of sp³-hybridized carbons (Fsp3) is 0.500. The molecule has 0 radical (unpaired) electrons. The molecule has 3 fully saturated rings. The third kappa shape index (κ3) is 5.54. The van der Waals surface area contributed by atoms with Crippen LogP contribution in [0.25, 0.3) is 22.3 Å². The SMILES string of the molecule is Nc1nc2c(ncn2[C@@H]2O[C@@H]3COP(O)(=S)O[C@H]4[C@@H](F)[C@H](n5cnc6c(N)ncnc65)O[C@@H]4COP(=O)(S)OC3[C@H]2F)c(=O)[nH]1. The van der Waals surface area contributed by atoms with E-state index in [-0.39, 0.29) is 34.1 Å². The highest BCUT2D eigenvalue weighted by atomic mass is 32.7. The molecule has 0 bridgehead atoms. The Balaban J connectivity index is 1.17. The normalized spacial score (nSPS) is 37.7. The van der Waals surface area contributed by atoms with Crippen LogP contribution in [0, 0.1) is 0 Å². The number of aromatic amines is 1. The molecule has 4 aromatic rings. The molecule has 10 atom stereocenters. The molecule has 242 valence electrons. The Hall–Kier alpha value is -2.69. The second kappa shape index (κ2) is 11.2. The number of hydrogen-bond acceptors (Lipinski definition) is 16. The first-order valence-electron chi connectivity index (χ1n) is 12.9. The van der Waals surface area contributed by atoms with Gasteiger partial charge in [0, 0.05) is 0 Å². The third-order valence-corrected chi connectivity index (χ3v) is 10.4. The summed E-state index contributed by atoms with van der Waals surface area (Å²) in [6.07, 6.45) is -9.74. The molecule has 7 rings (SSSR count). The van der Waals surface area contributed by atoms with Crippen molar-refractivity contribution in [2.75, 3.05) is 24.7 Å². The van der Waals surface area contributed by atoms with E-state index >= 15 is 8.78 Å². The Kier molecular flexibility index (Phi) is 7.72. The molecule has 45 heavy (non-hydrogen) atoms. The second-order valence-electron chi connectivity index (χ2n) is 10.0. The van der Waals surface area contributed by atoms with Crippen molar-refractivity contribution in [2.24, 2.45) is 0 Å². The minimum atomic E-state index is -4.43. The van der Waals surface area contributed by atoms with Gasteiger partial charge in [-0.25, -0.2) is 33.3 Å². The number of H-pyrrole nitrogens is 1. The first-order valence-corrected chi connectivity index (χ1v) is 18.2. The summed E-state index contributed by atoms with van der Waals surface area (Å²) in [5.74, 6) is -0.220. The van der Waals surface area contributed by atoms with Crippen LogP contribution in [-0.4, -0.2) is 93.9 Å². The van der Waals surface area contributed by atoms with Gasteiger partial charge in [0.1, 0.15) is 36.3 Å². The van der Waals surface area contributed by atoms with Gasteiger partial charge in [0.2, 0.25) is 5.95 Å². The molecule has 7 heterocycles. The zero-order chi connectivity index (χ0) is 31.8. The number of halogens is 2. The summed E-state index contributed by atoms with van der Waals surface area (Å²) in [7, 11) is 0. The van der Waals surface area contributed by atoms with Crippen LogP contribution in [0.3, 0.4) is 0 Å². The first kappa shape index (κ1) is 30.9. The fourth-order valence-corrected chi connectivity index (χ4v) is 8.16. The molecule has 3 aliphatic heterocycles. The van der Waals surface area contributed by atoms with E-state index in [1.807, 2.05) is 0 Å². The van der Waals surface area contributed by atoms with Crippen molar-refractivity contribution in [1.29, 1.82) is 0 Å². The number of ether oxygens (including phenoxy) is 2. The van der Waals surface area contributed by atoms with E-state index in [1.165, 1.54) is 10.9 Å². The quantitative estimate of drug-likeness (QED) is 0.142. The largest absolute Gasteiger partial charge is 0.386 e. The lowest BCUT2D eigenvalue weighted by Crippen LogP contribution is -2.37. The van der Waals surface area contributed by atoms with E-state index in [0.717, 1.165) is 17.2 Å². The van der Waals surface area contributed by atoms with Crippen molar-refractivity contribution in [3.05, 3.63) is 29.3 Å². The summed E-state index contributed by atoms with van der Waals surface area (Å²) in [6, 6.07) is 0. The lowest BCUT2D eigenvalue weighted by atomic mass is 10.1. The van der Waals surface area contributed by atoms with Gasteiger partial charge in [0.25, 0.3) is 5.56 Å². The molecule has 3 aliphatic rings. The molecular formula is C20H22F2N10O9P2S2. The Morgan fingerprint density at radius 1 is 0.956 bits per heavy atom. The summed E-state index contributed by atoms with van der Waals surface area (Å²) < 4.78 is 81.1. The van der Waals surface area contributed by atoms with Gasteiger partial charge in [-0.15, -0.1) is 0 Å². The monoisotopic (exact) mass is 710 g/mol. The van der Waals surface area contributed by atoms with Gasteiger partial charge in [-0.1, -0.05) is 12.2 Å². The molecule has 25 heteroatoms. The molecule has 0 spiro atoms. The number of imidazole rings is 2. The molecule has 19 nitrogen and oxygen atoms in total. The van der Waals surface area contributed by atoms with Crippen LogP contribution in [0.4, 0.5) is 20.5 Å². The second-order valence-corrected chi connectivity index (χ2v) is 15.7. The van der Waals surface area contributed by atoms with Crippen molar-refractivity contribution in [2.45, 2.75) is 49.2 Å². The van der Waals surface area contributed by atoms with Crippen molar-refractivity contribution >= 4 is 71.7 Å². The molecule has 0 amide bonds. The van der Waals surface area contributed by atoms with Crippen LogP contribution in [0.15, 0.2) is 23.8 Å². The van der Waals surface area contributed by atoms with E-state index in [1.54, 1.807) is 0 Å². The smallest absolute Gasteiger partial charge is 0.382 e. The third-order valence-electron chi connectivity index (χ3n) is 7.23. The van der Waals surface area contributed by atoms with Gasteiger partial charge in [-0.2, -0.15) is 4.98 Å². The summed E-state index contributed by atoms with van der Waals surface area (Å²) >= 11 is 9.11. The zero-order valence-corrected chi connectivity index (χ0v) is 25.8. The highest BCUT2D eigenvalue weighted by Gasteiger charge is 2.54. The molecule has 4 aromatic heterocycles. The molecule has 0 aliphatic carbocycles. The van der Waals surface area contributed by atoms with Crippen LogP contribution >= 0.6 is 25.8 Å². The summed E-state index contributed by atoms with van der Waals surface area (Å²) in [4.78, 5) is 45.3. The van der Waals surface area contributed by atoms with E-state index in [0.29, 0.717) is 0 Å². The number of rotatable bonds is 2. The lowest BCUT2D eigenvalue weighted by Gasteiger charge is -2.29. The molecule has 0 saturated carbocycles. The number of hydrogen-bond donors (Lipinski definition) is 5.